The summed E-state index contributed by atoms with van der Waals surface area (Å²) in [4.78, 5) is 25.5. The van der Waals surface area contributed by atoms with Crippen LogP contribution in [0.3, 0.4) is 0 Å². The lowest BCUT2D eigenvalue weighted by Crippen LogP contribution is -2.42. The molecule has 25 heavy (non-hydrogen) atoms. The van der Waals surface area contributed by atoms with E-state index in [2.05, 4.69) is 6.92 Å². The molecule has 0 aliphatic heterocycles. The van der Waals surface area contributed by atoms with Gasteiger partial charge < -0.3 is 9.64 Å². The van der Waals surface area contributed by atoms with Crippen LogP contribution in [0, 0.1) is 5.41 Å². The van der Waals surface area contributed by atoms with Gasteiger partial charge in [-0.3, -0.25) is 14.8 Å². The number of benzene rings is 1. The lowest BCUT2D eigenvalue weighted by molar-refractivity contribution is -0.130. The predicted octanol–water partition coefficient (Wildman–Crippen LogP) is 2.19. The van der Waals surface area contributed by atoms with E-state index in [1.54, 1.807) is 25.6 Å². The highest BCUT2D eigenvalue weighted by atomic mass is 16.5. The number of amides is 2. The zero-order valence-corrected chi connectivity index (χ0v) is 15.3. The predicted molar refractivity (Wildman–Crippen MR) is 94.6 cm³/mol. The van der Waals surface area contributed by atoms with Gasteiger partial charge in [-0.15, -0.1) is 0 Å². The van der Waals surface area contributed by atoms with E-state index >= 15 is 0 Å². The summed E-state index contributed by atoms with van der Waals surface area (Å²) in [5.41, 5.74) is 4.46. The van der Waals surface area contributed by atoms with Gasteiger partial charge in [-0.05, 0) is 54.4 Å². The zero-order valence-electron chi connectivity index (χ0n) is 15.3. The molecule has 0 radical (unpaired) electrons. The van der Waals surface area contributed by atoms with Crippen LogP contribution in [0.25, 0.3) is 0 Å². The minimum atomic E-state index is -0.500. The number of hydrogen-bond donors (Lipinski definition) is 2. The molecule has 0 aromatic heterocycles. The van der Waals surface area contributed by atoms with Crippen LogP contribution in [0.15, 0.2) is 18.2 Å². The van der Waals surface area contributed by atoms with Gasteiger partial charge in [0.2, 0.25) is 5.91 Å². The number of hydroxylamine groups is 1. The molecule has 2 rings (SSSR count). The molecule has 0 heterocycles. The molecule has 1 aliphatic carbocycles. The highest BCUT2D eigenvalue weighted by Crippen LogP contribution is 2.36. The van der Waals surface area contributed by atoms with Crippen molar-refractivity contribution in [1.29, 1.82) is 0 Å². The number of fused-ring (bicyclic) bond motifs is 1. The molecule has 2 N–H and O–H groups in total. The largest absolute Gasteiger partial charge is 0.385 e. The second-order valence-corrected chi connectivity index (χ2v) is 7.20. The van der Waals surface area contributed by atoms with Gasteiger partial charge in [0, 0.05) is 39.3 Å². The van der Waals surface area contributed by atoms with Crippen molar-refractivity contribution < 1.29 is 19.5 Å². The Morgan fingerprint density at radius 2 is 2.12 bits per heavy atom. The van der Waals surface area contributed by atoms with Crippen LogP contribution in [0.4, 0.5) is 0 Å². The second-order valence-electron chi connectivity index (χ2n) is 7.20. The monoisotopic (exact) mass is 348 g/mol. The molecule has 0 fully saturated rings. The van der Waals surface area contributed by atoms with E-state index in [1.165, 1.54) is 5.56 Å². The second kappa shape index (κ2) is 8.45. The zero-order chi connectivity index (χ0) is 18.4. The molecular weight excluding hydrogens is 320 g/mol. The third kappa shape index (κ3) is 5.03. The van der Waals surface area contributed by atoms with E-state index in [-0.39, 0.29) is 11.3 Å². The van der Waals surface area contributed by atoms with E-state index < -0.39 is 5.91 Å². The molecule has 0 bridgehead atoms. The number of aryl methyl sites for hydroxylation is 1. The van der Waals surface area contributed by atoms with Crippen molar-refractivity contribution in [1.82, 2.24) is 10.4 Å². The molecule has 2 amide bonds. The molecular formula is C19H28N2O4. The molecule has 6 heteroatoms. The number of nitrogens with zero attached hydrogens (tertiary/aromatic N) is 1. The number of nitrogens with one attached hydrogen (secondary N) is 1. The van der Waals surface area contributed by atoms with Crippen LogP contribution in [-0.4, -0.2) is 48.7 Å². The number of carbonyl (C=O) groups excluding carboxylic acids is 2. The number of ether oxygens (including phenoxy) is 1. The van der Waals surface area contributed by atoms with Crippen molar-refractivity contribution in [2.45, 2.75) is 39.5 Å². The Hall–Kier alpha value is -1.92. The summed E-state index contributed by atoms with van der Waals surface area (Å²) in [6.07, 6.45) is 3.56. The lowest BCUT2D eigenvalue weighted by Gasteiger charge is -2.39. The minimum absolute atomic E-state index is 0.0277. The molecule has 0 saturated carbocycles. The summed E-state index contributed by atoms with van der Waals surface area (Å²) in [5.74, 6) is -0.420. The Morgan fingerprint density at radius 3 is 2.76 bits per heavy atom. The summed E-state index contributed by atoms with van der Waals surface area (Å²) in [5, 5.41) is 8.82. The first kappa shape index (κ1) is 19.4. The molecule has 6 nitrogen and oxygen atoms in total. The van der Waals surface area contributed by atoms with Crippen LogP contribution >= 0.6 is 0 Å². The molecule has 1 unspecified atom stereocenters. The van der Waals surface area contributed by atoms with Gasteiger partial charge >= 0.3 is 0 Å². The van der Waals surface area contributed by atoms with Gasteiger partial charge in [-0.25, -0.2) is 5.48 Å². The smallest absolute Gasteiger partial charge is 0.274 e. The average Bonchev–Trinajstić information content (AvgIpc) is 2.59. The van der Waals surface area contributed by atoms with Crippen LogP contribution in [0.2, 0.25) is 0 Å². The summed E-state index contributed by atoms with van der Waals surface area (Å²) < 4.78 is 5.08. The van der Waals surface area contributed by atoms with Crippen LogP contribution in [0.1, 0.15) is 48.2 Å². The third-order valence-corrected chi connectivity index (χ3v) is 4.98. The first-order valence-electron chi connectivity index (χ1n) is 8.69. The Kier molecular flexibility index (Phi) is 6.56. The van der Waals surface area contributed by atoms with Gasteiger partial charge in [0.05, 0.1) is 0 Å². The van der Waals surface area contributed by atoms with E-state index in [9.17, 15) is 9.59 Å². The van der Waals surface area contributed by atoms with Gasteiger partial charge in [0.25, 0.3) is 5.91 Å². The molecule has 0 saturated heterocycles. The first-order valence-corrected chi connectivity index (χ1v) is 8.69. The fourth-order valence-corrected chi connectivity index (χ4v) is 3.57. The summed E-state index contributed by atoms with van der Waals surface area (Å²) in [6, 6.07) is 5.54. The maximum atomic E-state index is 12.0. The number of rotatable bonds is 7. The Bertz CT molecular complexity index is 632. The first-order chi connectivity index (χ1) is 11.9. The van der Waals surface area contributed by atoms with Crippen LogP contribution in [-0.2, 0) is 22.4 Å². The maximum Gasteiger partial charge on any atom is 0.274 e. The summed E-state index contributed by atoms with van der Waals surface area (Å²) in [6.45, 7) is 5.83. The van der Waals surface area contributed by atoms with Crippen molar-refractivity contribution in [3.8, 4) is 0 Å². The fraction of sp³-hybridized carbons (Fsp3) is 0.579. The van der Waals surface area contributed by atoms with Crippen molar-refractivity contribution in [2.24, 2.45) is 5.41 Å². The fourth-order valence-electron chi connectivity index (χ4n) is 3.57. The molecule has 1 aromatic carbocycles. The minimum Gasteiger partial charge on any atom is -0.385 e. The SMILES string of the molecule is COCCCN(CC1(C)CCc2ccc(C(=O)NO)cc2C1)C(C)=O. The number of carbonyl (C=O) groups is 2. The highest BCUT2D eigenvalue weighted by molar-refractivity contribution is 5.93. The molecule has 1 aromatic rings. The summed E-state index contributed by atoms with van der Waals surface area (Å²) >= 11 is 0. The van der Waals surface area contributed by atoms with Crippen molar-refractivity contribution in [3.63, 3.8) is 0 Å². The van der Waals surface area contributed by atoms with Crippen molar-refractivity contribution >= 4 is 11.8 Å². The normalized spacial score (nSPS) is 19.2. The Labute approximate surface area is 149 Å². The Morgan fingerprint density at radius 1 is 1.36 bits per heavy atom. The number of methoxy groups -OCH3 is 1. The van der Waals surface area contributed by atoms with Gasteiger partial charge in [0.15, 0.2) is 0 Å². The van der Waals surface area contributed by atoms with Crippen molar-refractivity contribution in [3.05, 3.63) is 34.9 Å². The van der Waals surface area contributed by atoms with Gasteiger partial charge in [0.1, 0.15) is 0 Å². The molecule has 0 spiro atoms. The summed E-state index contributed by atoms with van der Waals surface area (Å²) in [7, 11) is 1.66. The number of hydrogen-bond acceptors (Lipinski definition) is 4. The van der Waals surface area contributed by atoms with E-state index in [0.717, 1.165) is 31.2 Å². The molecule has 1 aliphatic rings. The van der Waals surface area contributed by atoms with E-state index in [1.807, 2.05) is 17.0 Å². The Balaban J connectivity index is 2.12. The van der Waals surface area contributed by atoms with Gasteiger partial charge in [-0.2, -0.15) is 0 Å². The lowest BCUT2D eigenvalue weighted by atomic mass is 9.72. The van der Waals surface area contributed by atoms with Gasteiger partial charge in [-0.1, -0.05) is 13.0 Å². The quantitative estimate of drug-likeness (QED) is 0.450. The third-order valence-electron chi connectivity index (χ3n) is 4.98. The van der Waals surface area contributed by atoms with Crippen LogP contribution < -0.4 is 5.48 Å². The topological polar surface area (TPSA) is 78.9 Å². The highest BCUT2D eigenvalue weighted by Gasteiger charge is 2.32. The van der Waals surface area contributed by atoms with E-state index in [4.69, 9.17) is 9.94 Å². The molecule has 1 atom stereocenters. The van der Waals surface area contributed by atoms with Crippen molar-refractivity contribution in [2.75, 3.05) is 26.8 Å². The van der Waals surface area contributed by atoms with E-state index in [0.29, 0.717) is 25.3 Å². The average molecular weight is 348 g/mol. The standard InChI is InChI=1S/C19H28N2O4/c1-14(22)21(9-4-10-25-3)13-19(2)8-7-15-5-6-16(18(23)20-24)11-17(15)12-19/h5-6,11,24H,4,7-10,12-13H2,1-3H3,(H,20,23). The van der Waals surface area contributed by atoms with Crippen LogP contribution in [0.5, 0.6) is 0 Å². The maximum absolute atomic E-state index is 12.0. The molecule has 138 valence electrons.